The number of carbonyl (C=O) groups excluding carboxylic acids is 1. The second-order valence-corrected chi connectivity index (χ2v) is 7.49. The van der Waals surface area contributed by atoms with Gasteiger partial charge in [-0.3, -0.25) is 4.79 Å². The Kier molecular flexibility index (Phi) is 6.70. The molecule has 1 amide bonds. The van der Waals surface area contributed by atoms with Crippen LogP contribution in [0.1, 0.15) is 42.5 Å². The monoisotopic (exact) mass is 382 g/mol. The third-order valence-electron chi connectivity index (χ3n) is 5.43. The molecule has 1 atom stereocenters. The first kappa shape index (κ1) is 20.4. The molecular formula is C23H30N2O3. The highest BCUT2D eigenvalue weighted by molar-refractivity contribution is 5.85. The molecule has 1 fully saturated rings. The fourth-order valence-corrected chi connectivity index (χ4v) is 3.59. The smallest absolute Gasteiger partial charge is 0.252 e. The zero-order valence-electron chi connectivity index (χ0n) is 17.0. The van der Waals surface area contributed by atoms with Gasteiger partial charge in [0.25, 0.3) is 5.91 Å². The summed E-state index contributed by atoms with van der Waals surface area (Å²) in [7, 11) is 1.62. The Hall–Kier alpha value is -2.37. The van der Waals surface area contributed by atoms with E-state index in [1.54, 1.807) is 7.11 Å². The maximum absolute atomic E-state index is 12.8. The first-order valence-corrected chi connectivity index (χ1v) is 9.87. The van der Waals surface area contributed by atoms with Gasteiger partial charge < -0.3 is 20.1 Å². The summed E-state index contributed by atoms with van der Waals surface area (Å²) >= 11 is 0. The number of amides is 1. The van der Waals surface area contributed by atoms with E-state index in [9.17, 15) is 4.79 Å². The van der Waals surface area contributed by atoms with E-state index in [4.69, 9.17) is 9.47 Å². The van der Waals surface area contributed by atoms with Crippen molar-refractivity contribution in [2.75, 3.05) is 20.2 Å². The van der Waals surface area contributed by atoms with Crippen LogP contribution in [-0.2, 0) is 16.1 Å². The molecule has 0 aliphatic carbocycles. The van der Waals surface area contributed by atoms with E-state index in [0.717, 1.165) is 30.0 Å². The Morgan fingerprint density at radius 1 is 1.18 bits per heavy atom. The van der Waals surface area contributed by atoms with Crippen LogP contribution in [-0.4, -0.2) is 31.7 Å². The van der Waals surface area contributed by atoms with Crippen LogP contribution in [0.3, 0.4) is 0 Å². The van der Waals surface area contributed by atoms with Gasteiger partial charge in [0.15, 0.2) is 0 Å². The standard InChI is InChI=1S/C23H30N2O3/c1-17-5-4-6-19(15-17)16-28-21-9-7-20(8-10-21)18(2)25-22(26)23(27-3)11-13-24-14-12-23/h4-10,15,18,24H,11-14,16H2,1-3H3,(H,25,26). The van der Waals surface area contributed by atoms with Crippen molar-refractivity contribution < 1.29 is 14.3 Å². The van der Waals surface area contributed by atoms with Gasteiger partial charge in [0, 0.05) is 7.11 Å². The van der Waals surface area contributed by atoms with Crippen molar-refractivity contribution in [2.24, 2.45) is 0 Å². The largest absolute Gasteiger partial charge is 0.489 e. The highest BCUT2D eigenvalue weighted by Gasteiger charge is 2.40. The van der Waals surface area contributed by atoms with Crippen molar-refractivity contribution in [3.05, 3.63) is 65.2 Å². The SMILES string of the molecule is COC1(C(=O)NC(C)c2ccc(OCc3cccc(C)c3)cc2)CCNCC1. The lowest BCUT2D eigenvalue weighted by molar-refractivity contribution is -0.147. The fourth-order valence-electron chi connectivity index (χ4n) is 3.59. The summed E-state index contributed by atoms with van der Waals surface area (Å²) < 4.78 is 11.5. The van der Waals surface area contributed by atoms with Crippen LogP contribution >= 0.6 is 0 Å². The predicted octanol–water partition coefficient (Wildman–Crippen LogP) is 3.52. The first-order chi connectivity index (χ1) is 13.5. The second kappa shape index (κ2) is 9.22. The van der Waals surface area contributed by atoms with Gasteiger partial charge in [-0.25, -0.2) is 0 Å². The summed E-state index contributed by atoms with van der Waals surface area (Å²) in [5.74, 6) is 0.777. The van der Waals surface area contributed by atoms with Gasteiger partial charge in [-0.05, 0) is 63.0 Å². The van der Waals surface area contributed by atoms with Crippen molar-refractivity contribution in [1.82, 2.24) is 10.6 Å². The van der Waals surface area contributed by atoms with E-state index in [1.807, 2.05) is 37.3 Å². The minimum Gasteiger partial charge on any atom is -0.489 e. The molecule has 0 spiro atoms. The van der Waals surface area contributed by atoms with Crippen LogP contribution in [0.25, 0.3) is 0 Å². The number of hydrogen-bond donors (Lipinski definition) is 2. The maximum Gasteiger partial charge on any atom is 0.252 e. The van der Waals surface area contributed by atoms with Crippen molar-refractivity contribution >= 4 is 5.91 Å². The number of piperidine rings is 1. The topological polar surface area (TPSA) is 59.6 Å². The molecule has 0 bridgehead atoms. The van der Waals surface area contributed by atoms with Gasteiger partial charge in [-0.2, -0.15) is 0 Å². The van der Waals surface area contributed by atoms with E-state index in [-0.39, 0.29) is 11.9 Å². The average molecular weight is 383 g/mol. The summed E-state index contributed by atoms with van der Waals surface area (Å²) in [6, 6.07) is 16.1. The third-order valence-corrected chi connectivity index (χ3v) is 5.43. The quantitative estimate of drug-likeness (QED) is 0.769. The lowest BCUT2D eigenvalue weighted by Crippen LogP contribution is -2.54. The van der Waals surface area contributed by atoms with Gasteiger partial charge in [-0.15, -0.1) is 0 Å². The van der Waals surface area contributed by atoms with E-state index < -0.39 is 5.60 Å². The normalized spacial score (nSPS) is 17.0. The molecule has 2 N–H and O–H groups in total. The molecule has 1 heterocycles. The zero-order chi connectivity index (χ0) is 20.0. The highest BCUT2D eigenvalue weighted by Crippen LogP contribution is 2.25. The molecule has 0 saturated carbocycles. The van der Waals surface area contributed by atoms with Gasteiger partial charge in [-0.1, -0.05) is 42.0 Å². The molecule has 5 heteroatoms. The van der Waals surface area contributed by atoms with Crippen LogP contribution in [0.5, 0.6) is 5.75 Å². The van der Waals surface area contributed by atoms with E-state index in [0.29, 0.717) is 19.4 Å². The number of benzene rings is 2. The van der Waals surface area contributed by atoms with Gasteiger partial charge in [0.05, 0.1) is 6.04 Å². The molecule has 150 valence electrons. The average Bonchev–Trinajstić information content (AvgIpc) is 2.73. The number of carbonyl (C=O) groups is 1. The maximum atomic E-state index is 12.8. The first-order valence-electron chi connectivity index (χ1n) is 9.87. The van der Waals surface area contributed by atoms with Crippen LogP contribution < -0.4 is 15.4 Å². The summed E-state index contributed by atoms with van der Waals surface area (Å²) in [5, 5.41) is 6.38. The van der Waals surface area contributed by atoms with Crippen LogP contribution in [0.4, 0.5) is 0 Å². The van der Waals surface area contributed by atoms with E-state index >= 15 is 0 Å². The Labute approximate surface area is 167 Å². The van der Waals surface area contributed by atoms with E-state index in [1.165, 1.54) is 5.56 Å². The lowest BCUT2D eigenvalue weighted by atomic mass is 9.90. The molecule has 0 radical (unpaired) electrons. The summed E-state index contributed by atoms with van der Waals surface area (Å²) in [6.07, 6.45) is 1.38. The fraction of sp³-hybridized carbons (Fsp3) is 0.435. The Bertz CT molecular complexity index is 783. The molecule has 2 aromatic rings. The lowest BCUT2D eigenvalue weighted by Gasteiger charge is -2.35. The van der Waals surface area contributed by atoms with Gasteiger partial charge in [0.1, 0.15) is 18.0 Å². The van der Waals surface area contributed by atoms with Crippen molar-refractivity contribution in [1.29, 1.82) is 0 Å². The van der Waals surface area contributed by atoms with Crippen LogP contribution in [0.15, 0.2) is 48.5 Å². The Morgan fingerprint density at radius 2 is 1.89 bits per heavy atom. The molecule has 2 aromatic carbocycles. The van der Waals surface area contributed by atoms with Crippen molar-refractivity contribution in [3.8, 4) is 5.75 Å². The zero-order valence-corrected chi connectivity index (χ0v) is 17.0. The molecule has 28 heavy (non-hydrogen) atoms. The predicted molar refractivity (Wildman–Crippen MR) is 110 cm³/mol. The second-order valence-electron chi connectivity index (χ2n) is 7.49. The minimum atomic E-state index is -0.726. The number of rotatable bonds is 7. The molecule has 3 rings (SSSR count). The number of methoxy groups -OCH3 is 1. The number of nitrogens with one attached hydrogen (secondary N) is 2. The molecular weight excluding hydrogens is 352 g/mol. The Morgan fingerprint density at radius 3 is 2.54 bits per heavy atom. The number of ether oxygens (including phenoxy) is 2. The van der Waals surface area contributed by atoms with Crippen molar-refractivity contribution in [2.45, 2.75) is 44.9 Å². The highest BCUT2D eigenvalue weighted by atomic mass is 16.5. The van der Waals surface area contributed by atoms with Gasteiger partial charge in [0.2, 0.25) is 0 Å². The van der Waals surface area contributed by atoms with Crippen LogP contribution in [0.2, 0.25) is 0 Å². The molecule has 5 nitrogen and oxygen atoms in total. The number of aryl methyl sites for hydroxylation is 1. The molecule has 1 unspecified atom stereocenters. The molecule has 1 aliphatic heterocycles. The van der Waals surface area contributed by atoms with Crippen molar-refractivity contribution in [3.63, 3.8) is 0 Å². The van der Waals surface area contributed by atoms with E-state index in [2.05, 4.69) is 35.8 Å². The summed E-state index contributed by atoms with van der Waals surface area (Å²) in [4.78, 5) is 12.8. The molecule has 1 aliphatic rings. The Balaban J connectivity index is 1.57. The van der Waals surface area contributed by atoms with Gasteiger partial charge >= 0.3 is 0 Å². The minimum absolute atomic E-state index is 0.0382. The van der Waals surface area contributed by atoms with Crippen LogP contribution in [0, 0.1) is 6.92 Å². The third kappa shape index (κ3) is 4.91. The summed E-state index contributed by atoms with van der Waals surface area (Å²) in [6.45, 7) is 6.19. The molecule has 0 aromatic heterocycles. The summed E-state index contributed by atoms with van der Waals surface area (Å²) in [5.41, 5.74) is 2.69. The molecule has 1 saturated heterocycles. The number of hydrogen-bond acceptors (Lipinski definition) is 4.